The summed E-state index contributed by atoms with van der Waals surface area (Å²) in [6, 6.07) is -1.15. The first-order valence-electron chi connectivity index (χ1n) is 29.0. The molecule has 0 aliphatic carbocycles. The minimum atomic E-state index is -0.626. The number of ether oxygens (including phenoxy) is 7. The zero-order valence-electron chi connectivity index (χ0n) is 46.3. The summed E-state index contributed by atoms with van der Waals surface area (Å²) in [4.78, 5) is 94.9. The minimum absolute atomic E-state index is 0.108. The highest BCUT2D eigenvalue weighted by Crippen LogP contribution is 2.28. The molecule has 0 spiro atoms. The van der Waals surface area contributed by atoms with E-state index >= 15 is 0 Å². The van der Waals surface area contributed by atoms with E-state index in [0.29, 0.717) is 51.6 Å². The number of likely N-dealkylation sites (N-methyl/N-ethyl adjacent to an activating group) is 1. The average molecular weight is 1040 g/mol. The smallest absolute Gasteiger partial charge is 0.410 e. The van der Waals surface area contributed by atoms with E-state index in [1.54, 1.807) is 0 Å². The van der Waals surface area contributed by atoms with Gasteiger partial charge in [0.15, 0.2) is 0 Å². The molecule has 73 heavy (non-hydrogen) atoms. The second-order valence-electron chi connectivity index (χ2n) is 20.8. The van der Waals surface area contributed by atoms with Crippen LogP contribution in [0.4, 0.5) is 4.79 Å². The first-order valence-corrected chi connectivity index (χ1v) is 29.0. The van der Waals surface area contributed by atoms with E-state index in [1.807, 2.05) is 11.9 Å². The van der Waals surface area contributed by atoms with Crippen molar-refractivity contribution in [1.29, 1.82) is 0 Å². The highest BCUT2D eigenvalue weighted by molar-refractivity contribution is 5.73. The van der Waals surface area contributed by atoms with Gasteiger partial charge in [0.2, 0.25) is 0 Å². The number of carbonyl (C=O) groups is 7. The van der Waals surface area contributed by atoms with Crippen molar-refractivity contribution in [3.63, 3.8) is 0 Å². The van der Waals surface area contributed by atoms with Crippen LogP contribution in [0.3, 0.4) is 0 Å². The van der Waals surface area contributed by atoms with Crippen LogP contribution in [-0.2, 0) is 61.9 Å². The van der Waals surface area contributed by atoms with Gasteiger partial charge in [-0.25, -0.2) is 4.79 Å². The summed E-state index contributed by atoms with van der Waals surface area (Å²) in [7, 11) is 1.92. The molecule has 2 aliphatic heterocycles. The molecule has 0 saturated carbocycles. The Labute approximate surface area is 440 Å². The van der Waals surface area contributed by atoms with Crippen LogP contribution in [0, 0.1) is 11.8 Å². The van der Waals surface area contributed by atoms with Crippen molar-refractivity contribution in [2.45, 2.75) is 251 Å². The van der Waals surface area contributed by atoms with Gasteiger partial charge in [0.1, 0.15) is 19.3 Å². The summed E-state index contributed by atoms with van der Waals surface area (Å²) in [5.74, 6) is -3.91. The lowest BCUT2D eigenvalue weighted by Gasteiger charge is -2.38. The molecule has 2 aliphatic rings. The fraction of sp³-hybridized carbons (Fsp3) is 0.877. The Kier molecular flexibility index (Phi) is 37.8. The molecule has 2 fully saturated rings. The molecule has 2 heterocycles. The Bertz CT molecular complexity index is 1360. The van der Waals surface area contributed by atoms with Crippen LogP contribution >= 0.6 is 0 Å². The molecule has 2 rings (SSSR count). The third-order valence-electron chi connectivity index (χ3n) is 13.8. The molecule has 16 nitrogen and oxygen atoms in total. The third-order valence-corrected chi connectivity index (χ3v) is 13.8. The first kappa shape index (κ1) is 65.2. The molecule has 0 radical (unpaired) electrons. The molecule has 422 valence electrons. The lowest BCUT2D eigenvalue weighted by molar-refractivity contribution is -0.156. The second-order valence-corrected chi connectivity index (χ2v) is 20.8. The number of hydrogen-bond acceptors (Lipinski definition) is 15. The molecular weight excluding hydrogens is 937 g/mol. The largest absolute Gasteiger partial charge is 0.465 e. The first-order chi connectivity index (χ1) is 35.4. The summed E-state index contributed by atoms with van der Waals surface area (Å²) in [5, 5.41) is 0. The van der Waals surface area contributed by atoms with Crippen molar-refractivity contribution in [3.8, 4) is 0 Å². The molecule has 16 heteroatoms. The molecule has 2 atom stereocenters. The Balaban J connectivity index is 2.05. The van der Waals surface area contributed by atoms with Gasteiger partial charge in [-0.15, -0.1) is 0 Å². The minimum Gasteiger partial charge on any atom is -0.465 e. The Morgan fingerprint density at radius 2 is 0.685 bits per heavy atom. The SMILES string of the molecule is CCCCCCCCC(=O)OCC(COC(=O)CCCCCCCC)CC(=O)OC[C@H]1CC[C@@H](COC(=O)CC(COC(=O)CCCCCCCC)COC(=O)CCCCCCCC)N1C(=O)OC1CN(C)C1. The second kappa shape index (κ2) is 42.3. The third kappa shape index (κ3) is 32.9. The normalized spacial score (nSPS) is 15.8. The van der Waals surface area contributed by atoms with Gasteiger partial charge in [-0.05, 0) is 45.6 Å². The summed E-state index contributed by atoms with van der Waals surface area (Å²) in [6.45, 7) is 9.03. The summed E-state index contributed by atoms with van der Waals surface area (Å²) in [6.07, 6.45) is 25.3. The lowest BCUT2D eigenvalue weighted by Crippen LogP contribution is -2.54. The molecule has 0 aromatic rings. The van der Waals surface area contributed by atoms with E-state index in [0.717, 1.165) is 103 Å². The van der Waals surface area contributed by atoms with Crippen molar-refractivity contribution >= 4 is 41.9 Å². The molecule has 2 saturated heterocycles. The molecule has 0 bridgehead atoms. The molecule has 0 aromatic carbocycles. The van der Waals surface area contributed by atoms with Crippen LogP contribution in [-0.4, -0.2) is 130 Å². The lowest BCUT2D eigenvalue weighted by atomic mass is 10.1. The monoisotopic (exact) mass is 1040 g/mol. The Hall–Kier alpha value is -3.95. The number of rotatable bonds is 45. The number of amides is 1. The van der Waals surface area contributed by atoms with Crippen LogP contribution in [0.1, 0.15) is 233 Å². The van der Waals surface area contributed by atoms with Crippen LogP contribution < -0.4 is 0 Å². The highest BCUT2D eigenvalue weighted by Gasteiger charge is 2.41. The van der Waals surface area contributed by atoms with E-state index in [1.165, 1.54) is 30.6 Å². The van der Waals surface area contributed by atoms with Crippen molar-refractivity contribution < 1.29 is 66.7 Å². The van der Waals surface area contributed by atoms with Crippen LogP contribution in [0.2, 0.25) is 0 Å². The van der Waals surface area contributed by atoms with E-state index in [-0.39, 0.29) is 108 Å². The summed E-state index contributed by atoms with van der Waals surface area (Å²) < 4.78 is 39.7. The quantitative estimate of drug-likeness (QED) is 0.0318. The van der Waals surface area contributed by atoms with Gasteiger partial charge in [-0.1, -0.05) is 156 Å². The average Bonchev–Trinajstić information content (AvgIpc) is 3.78. The van der Waals surface area contributed by atoms with Gasteiger partial charge in [-0.3, -0.25) is 38.6 Å². The van der Waals surface area contributed by atoms with E-state index < -0.39 is 42.0 Å². The number of unbranched alkanes of at least 4 members (excludes halogenated alkanes) is 20. The molecule has 0 aromatic heterocycles. The number of carbonyl (C=O) groups excluding carboxylic acids is 7. The maximum absolute atomic E-state index is 13.8. The van der Waals surface area contributed by atoms with Crippen LogP contribution in [0.25, 0.3) is 0 Å². The molecular formula is C57H100N2O14. The summed E-state index contributed by atoms with van der Waals surface area (Å²) >= 11 is 0. The van der Waals surface area contributed by atoms with Gasteiger partial charge in [0.05, 0.1) is 51.4 Å². The van der Waals surface area contributed by atoms with Crippen molar-refractivity contribution in [1.82, 2.24) is 9.80 Å². The van der Waals surface area contributed by atoms with Crippen LogP contribution in [0.5, 0.6) is 0 Å². The zero-order valence-corrected chi connectivity index (χ0v) is 46.3. The van der Waals surface area contributed by atoms with Gasteiger partial charge >= 0.3 is 41.9 Å². The fourth-order valence-corrected chi connectivity index (χ4v) is 9.14. The zero-order chi connectivity index (χ0) is 53.3. The van der Waals surface area contributed by atoms with Crippen molar-refractivity contribution in [3.05, 3.63) is 0 Å². The highest BCUT2D eigenvalue weighted by atomic mass is 16.6. The summed E-state index contributed by atoms with van der Waals surface area (Å²) in [5.41, 5.74) is 0. The molecule has 0 unspecified atom stereocenters. The van der Waals surface area contributed by atoms with Crippen molar-refractivity contribution in [2.24, 2.45) is 11.8 Å². The van der Waals surface area contributed by atoms with E-state index in [9.17, 15) is 33.6 Å². The maximum atomic E-state index is 13.8. The van der Waals surface area contributed by atoms with Gasteiger partial charge in [-0.2, -0.15) is 0 Å². The Morgan fingerprint density at radius 1 is 0.397 bits per heavy atom. The van der Waals surface area contributed by atoms with E-state index in [2.05, 4.69) is 27.7 Å². The van der Waals surface area contributed by atoms with Crippen molar-refractivity contribution in [2.75, 3.05) is 59.8 Å². The number of nitrogens with zero attached hydrogens (tertiary/aromatic N) is 2. The maximum Gasteiger partial charge on any atom is 0.410 e. The predicted molar refractivity (Wildman–Crippen MR) is 280 cm³/mol. The number of esters is 6. The molecule has 0 N–H and O–H groups in total. The van der Waals surface area contributed by atoms with Crippen LogP contribution in [0.15, 0.2) is 0 Å². The number of hydrogen-bond donors (Lipinski definition) is 0. The van der Waals surface area contributed by atoms with Gasteiger partial charge in [0, 0.05) is 50.6 Å². The van der Waals surface area contributed by atoms with E-state index in [4.69, 9.17) is 33.2 Å². The Morgan fingerprint density at radius 3 is 0.973 bits per heavy atom. The fourth-order valence-electron chi connectivity index (χ4n) is 9.14. The molecule has 1 amide bonds. The predicted octanol–water partition coefficient (Wildman–Crippen LogP) is 11.5. The van der Waals surface area contributed by atoms with Gasteiger partial charge < -0.3 is 33.2 Å². The van der Waals surface area contributed by atoms with Gasteiger partial charge in [0.25, 0.3) is 0 Å². The topological polar surface area (TPSA) is 191 Å². The number of likely N-dealkylation sites (tertiary alicyclic amines) is 2. The standard InChI is InChI=1S/C57H100N2O14/c1-6-10-14-18-22-26-30-51(60)67-40-46(41-68-52(61)31-27-23-19-15-11-7-2)36-55(64)71-44-48-34-35-49(59(48)57(66)73-50-38-58(5)39-50)45-72-56(65)37-47(42-69-53(62)32-28-24-20-16-12-8-3)43-70-54(63)33-29-25-21-17-13-9-4/h46-50H,6-45H2,1-5H3/t48-,49+.